The largest absolute Gasteiger partial charge is 0.340 e. The number of carbonyl (C=O) groups excluding carboxylic acids is 1. The molecule has 3 heteroatoms. The second kappa shape index (κ2) is 4.72. The van der Waals surface area contributed by atoms with E-state index >= 15 is 0 Å². The smallest absolute Gasteiger partial charge is 0.270 e. The lowest BCUT2D eigenvalue weighted by Gasteiger charge is -2.26. The molecule has 2 heterocycles. The Morgan fingerprint density at radius 3 is 2.58 bits per heavy atom. The fourth-order valence-corrected chi connectivity index (χ4v) is 2.93. The Labute approximate surface area is 113 Å². The Bertz CT molecular complexity index is 621. The summed E-state index contributed by atoms with van der Waals surface area (Å²) in [6, 6.07) is 8.36. The number of hydrogen-bond donors (Lipinski definition) is 0. The summed E-state index contributed by atoms with van der Waals surface area (Å²) in [6.45, 7) is 3.89. The zero-order chi connectivity index (χ0) is 13.4. The first-order valence-corrected chi connectivity index (χ1v) is 7.02. The second-order valence-electron chi connectivity index (χ2n) is 5.50. The maximum atomic E-state index is 12.6. The highest BCUT2D eigenvalue weighted by molar-refractivity contribution is 5.98. The molecule has 1 aromatic carbocycles. The Hall–Kier alpha value is -1.77. The summed E-state index contributed by atoms with van der Waals surface area (Å²) in [5.74, 6) is 0.177. The van der Waals surface area contributed by atoms with Crippen LogP contribution in [0, 0.1) is 6.92 Å². The molecular formula is C16H20N2O. The number of piperidine rings is 1. The molecule has 3 rings (SSSR count). The molecule has 0 N–H and O–H groups in total. The molecule has 2 aromatic rings. The molecule has 0 aliphatic carbocycles. The van der Waals surface area contributed by atoms with Crippen molar-refractivity contribution in [1.82, 2.24) is 9.47 Å². The van der Waals surface area contributed by atoms with E-state index in [1.807, 2.05) is 22.6 Å². The molecule has 0 spiro atoms. The highest BCUT2D eigenvalue weighted by Gasteiger charge is 2.21. The highest BCUT2D eigenvalue weighted by Crippen LogP contribution is 2.22. The average molecular weight is 256 g/mol. The number of aromatic nitrogens is 1. The molecule has 1 amide bonds. The molecule has 19 heavy (non-hydrogen) atoms. The van der Waals surface area contributed by atoms with Crippen molar-refractivity contribution >= 4 is 16.8 Å². The molecule has 0 bridgehead atoms. The van der Waals surface area contributed by atoms with Gasteiger partial charge in [-0.15, -0.1) is 0 Å². The minimum atomic E-state index is 0.177. The summed E-state index contributed by atoms with van der Waals surface area (Å²) in [5, 5.41) is 1.16. The summed E-state index contributed by atoms with van der Waals surface area (Å²) in [5.41, 5.74) is 3.17. The molecule has 0 unspecified atom stereocenters. The van der Waals surface area contributed by atoms with Gasteiger partial charge in [-0.1, -0.05) is 11.6 Å². The summed E-state index contributed by atoms with van der Waals surface area (Å²) < 4.78 is 2.02. The van der Waals surface area contributed by atoms with Crippen molar-refractivity contribution in [1.29, 1.82) is 0 Å². The van der Waals surface area contributed by atoms with Gasteiger partial charge < -0.3 is 9.47 Å². The van der Waals surface area contributed by atoms with Crippen LogP contribution in [0.2, 0.25) is 0 Å². The van der Waals surface area contributed by atoms with Crippen molar-refractivity contribution in [2.45, 2.75) is 26.2 Å². The van der Waals surface area contributed by atoms with Gasteiger partial charge in [0.05, 0.1) is 0 Å². The zero-order valence-electron chi connectivity index (χ0n) is 11.6. The number of amides is 1. The lowest BCUT2D eigenvalue weighted by Crippen LogP contribution is -2.36. The Balaban J connectivity index is 2.00. The minimum Gasteiger partial charge on any atom is -0.340 e. The van der Waals surface area contributed by atoms with Crippen molar-refractivity contribution < 1.29 is 4.79 Å². The van der Waals surface area contributed by atoms with Crippen LogP contribution in [-0.2, 0) is 7.05 Å². The highest BCUT2D eigenvalue weighted by atomic mass is 16.2. The van der Waals surface area contributed by atoms with Crippen LogP contribution in [0.25, 0.3) is 10.9 Å². The summed E-state index contributed by atoms with van der Waals surface area (Å²) >= 11 is 0. The number of hydrogen-bond acceptors (Lipinski definition) is 1. The van der Waals surface area contributed by atoms with Gasteiger partial charge in [0.2, 0.25) is 0 Å². The number of nitrogens with zero attached hydrogens (tertiary/aromatic N) is 2. The first-order valence-electron chi connectivity index (χ1n) is 7.02. The van der Waals surface area contributed by atoms with Crippen molar-refractivity contribution in [2.75, 3.05) is 13.1 Å². The molecule has 0 atom stereocenters. The Morgan fingerprint density at radius 1 is 1.11 bits per heavy atom. The summed E-state index contributed by atoms with van der Waals surface area (Å²) in [4.78, 5) is 14.6. The number of rotatable bonds is 1. The first kappa shape index (κ1) is 12.3. The van der Waals surface area contributed by atoms with E-state index in [0.717, 1.165) is 42.5 Å². The maximum Gasteiger partial charge on any atom is 0.270 e. The lowest BCUT2D eigenvalue weighted by atomic mass is 10.1. The van der Waals surface area contributed by atoms with Crippen LogP contribution >= 0.6 is 0 Å². The number of aryl methyl sites for hydroxylation is 2. The van der Waals surface area contributed by atoms with Crippen molar-refractivity contribution in [2.24, 2.45) is 7.05 Å². The third-order valence-corrected chi connectivity index (χ3v) is 4.06. The average Bonchev–Trinajstić information content (AvgIpc) is 2.75. The molecule has 1 aliphatic heterocycles. The van der Waals surface area contributed by atoms with Gasteiger partial charge in [0.15, 0.2) is 0 Å². The zero-order valence-corrected chi connectivity index (χ0v) is 11.6. The van der Waals surface area contributed by atoms with E-state index < -0.39 is 0 Å². The van der Waals surface area contributed by atoms with Gasteiger partial charge in [-0.05, 0) is 44.4 Å². The summed E-state index contributed by atoms with van der Waals surface area (Å²) in [7, 11) is 1.98. The molecule has 3 nitrogen and oxygen atoms in total. The first-order chi connectivity index (χ1) is 9.16. The van der Waals surface area contributed by atoms with Crippen LogP contribution in [-0.4, -0.2) is 28.5 Å². The van der Waals surface area contributed by atoms with E-state index in [-0.39, 0.29) is 5.91 Å². The van der Waals surface area contributed by atoms with Gasteiger partial charge in [-0.25, -0.2) is 0 Å². The van der Waals surface area contributed by atoms with Crippen LogP contribution in [0.5, 0.6) is 0 Å². The van der Waals surface area contributed by atoms with Gasteiger partial charge in [-0.3, -0.25) is 4.79 Å². The fourth-order valence-electron chi connectivity index (χ4n) is 2.93. The van der Waals surface area contributed by atoms with Crippen molar-refractivity contribution in [3.63, 3.8) is 0 Å². The SMILES string of the molecule is Cc1ccc2c(c1)cc(C(=O)N1CCCCC1)n2C. The van der Waals surface area contributed by atoms with Gasteiger partial charge >= 0.3 is 0 Å². The standard InChI is InChI=1S/C16H20N2O/c1-12-6-7-14-13(10-12)11-15(17(14)2)16(19)18-8-4-3-5-9-18/h6-7,10-11H,3-5,8-9H2,1-2H3. The van der Waals surface area contributed by atoms with E-state index in [1.54, 1.807) is 0 Å². The molecule has 0 radical (unpaired) electrons. The topological polar surface area (TPSA) is 25.2 Å². The van der Waals surface area contributed by atoms with Gasteiger partial charge in [0.1, 0.15) is 5.69 Å². The third kappa shape index (κ3) is 2.14. The lowest BCUT2D eigenvalue weighted by molar-refractivity contribution is 0.0715. The predicted octanol–water partition coefficient (Wildman–Crippen LogP) is 3.11. The van der Waals surface area contributed by atoms with Crippen LogP contribution in [0.15, 0.2) is 24.3 Å². The maximum absolute atomic E-state index is 12.6. The number of carbonyl (C=O) groups is 1. The van der Waals surface area contributed by atoms with Gasteiger partial charge in [-0.2, -0.15) is 0 Å². The van der Waals surface area contributed by atoms with Crippen molar-refractivity contribution in [3.8, 4) is 0 Å². The second-order valence-corrected chi connectivity index (χ2v) is 5.50. The Kier molecular flexibility index (Phi) is 3.05. The van der Waals surface area contributed by atoms with Crippen LogP contribution in [0.1, 0.15) is 35.3 Å². The molecule has 100 valence electrons. The predicted molar refractivity (Wildman–Crippen MR) is 77.4 cm³/mol. The molecule has 0 saturated carbocycles. The number of likely N-dealkylation sites (tertiary alicyclic amines) is 1. The third-order valence-electron chi connectivity index (χ3n) is 4.06. The van der Waals surface area contributed by atoms with Crippen LogP contribution in [0.3, 0.4) is 0 Å². The van der Waals surface area contributed by atoms with Crippen LogP contribution in [0.4, 0.5) is 0 Å². The molecule has 1 aromatic heterocycles. The molecular weight excluding hydrogens is 236 g/mol. The number of fused-ring (bicyclic) bond motifs is 1. The molecule has 1 saturated heterocycles. The van der Waals surface area contributed by atoms with E-state index in [0.29, 0.717) is 0 Å². The number of benzene rings is 1. The quantitative estimate of drug-likeness (QED) is 0.769. The van der Waals surface area contributed by atoms with E-state index in [9.17, 15) is 4.79 Å². The Morgan fingerprint density at radius 2 is 1.84 bits per heavy atom. The van der Waals surface area contributed by atoms with E-state index in [1.165, 1.54) is 12.0 Å². The van der Waals surface area contributed by atoms with Gasteiger partial charge in [0, 0.05) is 31.0 Å². The molecule has 1 fully saturated rings. The van der Waals surface area contributed by atoms with Gasteiger partial charge in [0.25, 0.3) is 5.91 Å². The fraction of sp³-hybridized carbons (Fsp3) is 0.438. The monoisotopic (exact) mass is 256 g/mol. The minimum absolute atomic E-state index is 0.177. The summed E-state index contributed by atoms with van der Waals surface area (Å²) in [6.07, 6.45) is 3.52. The van der Waals surface area contributed by atoms with E-state index in [4.69, 9.17) is 0 Å². The molecule has 1 aliphatic rings. The normalized spacial score (nSPS) is 16.0. The van der Waals surface area contributed by atoms with Crippen molar-refractivity contribution in [3.05, 3.63) is 35.5 Å². The van der Waals surface area contributed by atoms with Crippen LogP contribution < -0.4 is 0 Å². The van der Waals surface area contributed by atoms with E-state index in [2.05, 4.69) is 25.1 Å².